The van der Waals surface area contributed by atoms with E-state index < -0.39 is 11.9 Å². The van der Waals surface area contributed by atoms with Gasteiger partial charge in [-0.3, -0.25) is 9.59 Å². The van der Waals surface area contributed by atoms with Crippen LogP contribution in [0.5, 0.6) is 5.75 Å². The lowest BCUT2D eigenvalue weighted by molar-refractivity contribution is -0.190. The van der Waals surface area contributed by atoms with Crippen molar-refractivity contribution in [1.29, 1.82) is 0 Å². The van der Waals surface area contributed by atoms with Crippen LogP contribution in [-0.4, -0.2) is 39.3 Å². The summed E-state index contributed by atoms with van der Waals surface area (Å²) in [5.74, 6) is 0.284. The smallest absolute Gasteiger partial charge is 0.339 e. The number of aromatic hydroxyl groups is 1. The van der Waals surface area contributed by atoms with Crippen LogP contribution in [0.4, 0.5) is 11.4 Å². The minimum atomic E-state index is -1.25. The van der Waals surface area contributed by atoms with Crippen molar-refractivity contribution >= 4 is 29.3 Å². The Morgan fingerprint density at radius 3 is 2.47 bits per heavy atom. The van der Waals surface area contributed by atoms with Crippen LogP contribution in [-0.2, 0) is 20.7 Å². The molecule has 4 aliphatic rings. The van der Waals surface area contributed by atoms with Crippen molar-refractivity contribution in [2.45, 2.75) is 110 Å². The third kappa shape index (κ3) is 7.00. The summed E-state index contributed by atoms with van der Waals surface area (Å²) in [5.41, 5.74) is 1.91. The first-order valence-electron chi connectivity index (χ1n) is 18.4. The molecule has 9 heteroatoms. The van der Waals surface area contributed by atoms with Crippen molar-refractivity contribution in [3.8, 4) is 5.75 Å². The molecule has 0 spiro atoms. The van der Waals surface area contributed by atoms with Gasteiger partial charge in [0.2, 0.25) is 0 Å². The molecular weight excluding hydrogens is 620 g/mol. The van der Waals surface area contributed by atoms with Gasteiger partial charge in [-0.2, -0.15) is 10.2 Å². The number of carboxylic acids is 2. The zero-order valence-corrected chi connectivity index (χ0v) is 29.1. The topological polar surface area (TPSA) is 146 Å². The number of carbonyl (C=O) groups excluding carboxylic acids is 1. The van der Waals surface area contributed by atoms with Crippen LogP contribution in [0.2, 0.25) is 0 Å². The summed E-state index contributed by atoms with van der Waals surface area (Å²) in [7, 11) is 0. The molecule has 4 aliphatic carbocycles. The molecule has 4 fully saturated rings. The highest BCUT2D eigenvalue weighted by Gasteiger charge is 2.63. The number of rotatable bonds is 11. The van der Waals surface area contributed by atoms with Gasteiger partial charge in [0.1, 0.15) is 17.4 Å². The van der Waals surface area contributed by atoms with Gasteiger partial charge in [-0.05, 0) is 128 Å². The number of aliphatic carboxylic acids is 1. The van der Waals surface area contributed by atoms with Crippen molar-refractivity contribution in [2.24, 2.45) is 56.6 Å². The van der Waals surface area contributed by atoms with E-state index in [0.717, 1.165) is 31.2 Å². The summed E-state index contributed by atoms with van der Waals surface area (Å²) in [6, 6.07) is 11.5. The summed E-state index contributed by atoms with van der Waals surface area (Å²) in [4.78, 5) is 36.5. The molecule has 0 heterocycles. The molecule has 2 aromatic carbocycles. The van der Waals surface area contributed by atoms with E-state index in [9.17, 15) is 29.7 Å². The maximum Gasteiger partial charge on any atom is 0.339 e. The molecular formula is C40H52N2O7. The average molecular weight is 673 g/mol. The molecule has 9 unspecified atom stereocenters. The molecule has 9 atom stereocenters. The van der Waals surface area contributed by atoms with Crippen LogP contribution in [0.3, 0.4) is 0 Å². The van der Waals surface area contributed by atoms with E-state index >= 15 is 0 Å². The zero-order chi connectivity index (χ0) is 34.9. The second kappa shape index (κ2) is 14.2. The molecule has 0 aromatic heterocycles. The molecule has 9 nitrogen and oxygen atoms in total. The molecule has 0 aliphatic heterocycles. The Morgan fingerprint density at radius 2 is 1.69 bits per heavy atom. The molecule has 0 amide bonds. The van der Waals surface area contributed by atoms with E-state index in [4.69, 9.17) is 4.74 Å². The van der Waals surface area contributed by atoms with Crippen LogP contribution < -0.4 is 0 Å². The summed E-state index contributed by atoms with van der Waals surface area (Å²) in [6.07, 6.45) is 12.0. The molecule has 6 rings (SSSR count). The largest absolute Gasteiger partial charge is 0.507 e. The van der Waals surface area contributed by atoms with E-state index in [0.29, 0.717) is 59.7 Å². The van der Waals surface area contributed by atoms with Gasteiger partial charge in [-0.1, -0.05) is 51.8 Å². The predicted molar refractivity (Wildman–Crippen MR) is 185 cm³/mol. The summed E-state index contributed by atoms with van der Waals surface area (Å²) in [6.45, 7) is 7.24. The first-order valence-corrected chi connectivity index (χ1v) is 18.4. The number of nitrogens with zero attached hydrogens (tertiary/aromatic N) is 2. The fourth-order valence-corrected chi connectivity index (χ4v) is 11.0. The predicted octanol–water partition coefficient (Wildman–Crippen LogP) is 9.51. The van der Waals surface area contributed by atoms with Gasteiger partial charge in [0, 0.05) is 18.8 Å². The molecule has 0 saturated heterocycles. The summed E-state index contributed by atoms with van der Waals surface area (Å²) in [5, 5.41) is 37.1. The van der Waals surface area contributed by atoms with Gasteiger partial charge < -0.3 is 20.1 Å². The summed E-state index contributed by atoms with van der Waals surface area (Å²) >= 11 is 0. The fraction of sp³-hybridized carbons (Fsp3) is 0.625. The highest BCUT2D eigenvalue weighted by Crippen LogP contribution is 2.68. The molecule has 264 valence electrons. The van der Waals surface area contributed by atoms with Gasteiger partial charge in [-0.25, -0.2) is 4.79 Å². The van der Waals surface area contributed by atoms with Crippen LogP contribution in [0.15, 0.2) is 52.7 Å². The number of phenols is 1. The molecule has 49 heavy (non-hydrogen) atoms. The first-order chi connectivity index (χ1) is 23.4. The zero-order valence-electron chi connectivity index (χ0n) is 29.1. The highest BCUT2D eigenvalue weighted by atomic mass is 16.5. The Morgan fingerprint density at radius 1 is 0.918 bits per heavy atom. The minimum absolute atomic E-state index is 0.0979. The number of hydrogen-bond acceptors (Lipinski definition) is 7. The number of azo groups is 1. The van der Waals surface area contributed by atoms with E-state index in [-0.39, 0.29) is 47.1 Å². The maximum absolute atomic E-state index is 13.7. The van der Waals surface area contributed by atoms with E-state index in [1.165, 1.54) is 50.3 Å². The van der Waals surface area contributed by atoms with Crippen LogP contribution in [0.25, 0.3) is 0 Å². The Bertz CT molecular complexity index is 1590. The lowest BCUT2D eigenvalue weighted by Crippen LogP contribution is -2.58. The van der Waals surface area contributed by atoms with Gasteiger partial charge in [0.25, 0.3) is 0 Å². The number of carboxylic acid groups (broad SMARTS) is 2. The lowest BCUT2D eigenvalue weighted by Gasteiger charge is -2.62. The van der Waals surface area contributed by atoms with Crippen molar-refractivity contribution in [3.05, 3.63) is 53.6 Å². The van der Waals surface area contributed by atoms with Crippen molar-refractivity contribution in [3.63, 3.8) is 0 Å². The second-order valence-electron chi connectivity index (χ2n) is 16.0. The molecule has 4 saturated carbocycles. The molecule has 2 aromatic rings. The standard InChI is InChI=1S/C40H52N2O7/c1-24(11-17-35(44)45)29-14-15-30-37-31(19-21-40(29,30)3)39(2)20-7-6-9-26(39)22-34(37)49-36(46)18-12-25-8-4-5-10-32(25)42-41-27-13-16-33(43)28(23-27)38(47)48/h4-5,8,10,13,16,23-24,26,29-31,34,37,43H,6-7,9,11-12,14-15,17-22H2,1-3H3,(H,44,45)(H,47,48). The molecule has 3 N–H and O–H groups in total. The molecule has 0 radical (unpaired) electrons. The summed E-state index contributed by atoms with van der Waals surface area (Å²) < 4.78 is 6.57. The second-order valence-corrected chi connectivity index (χ2v) is 16.0. The Balaban J connectivity index is 1.17. The van der Waals surface area contributed by atoms with Gasteiger partial charge in [-0.15, -0.1) is 0 Å². The third-order valence-electron chi connectivity index (χ3n) is 13.5. The number of benzene rings is 2. The normalized spacial score (nSPS) is 32.9. The van der Waals surface area contributed by atoms with Gasteiger partial charge >= 0.3 is 17.9 Å². The van der Waals surface area contributed by atoms with E-state index in [1.54, 1.807) is 0 Å². The molecule has 0 bridgehead atoms. The number of esters is 1. The number of fused-ring (bicyclic) bond motifs is 5. The highest BCUT2D eigenvalue weighted by molar-refractivity contribution is 5.91. The van der Waals surface area contributed by atoms with Crippen molar-refractivity contribution in [2.75, 3.05) is 0 Å². The van der Waals surface area contributed by atoms with Gasteiger partial charge in [0.15, 0.2) is 0 Å². The van der Waals surface area contributed by atoms with Crippen LogP contribution >= 0.6 is 0 Å². The Labute approximate surface area is 289 Å². The number of ether oxygens (including phenoxy) is 1. The Hall–Kier alpha value is -3.75. The van der Waals surface area contributed by atoms with E-state index in [1.807, 2.05) is 24.3 Å². The van der Waals surface area contributed by atoms with Crippen LogP contribution in [0.1, 0.15) is 114 Å². The fourth-order valence-electron chi connectivity index (χ4n) is 11.0. The monoisotopic (exact) mass is 672 g/mol. The number of aromatic carboxylic acids is 1. The minimum Gasteiger partial charge on any atom is -0.507 e. The first kappa shape index (κ1) is 35.1. The number of carbonyl (C=O) groups is 3. The SMILES string of the molecule is CC(CCC(=O)O)C1CCC2C3C(OC(=O)CCc4ccccc4N=Nc4ccc(O)c(C(=O)O)c4)CC4CCCCC4(C)C3CCC12C. The lowest BCUT2D eigenvalue weighted by atomic mass is 9.44. The number of hydrogen-bond donors (Lipinski definition) is 3. The van der Waals surface area contributed by atoms with E-state index in [2.05, 4.69) is 31.0 Å². The van der Waals surface area contributed by atoms with Crippen LogP contribution in [0, 0.1) is 46.3 Å². The maximum atomic E-state index is 13.7. The number of aryl methyl sites for hydroxylation is 1. The third-order valence-corrected chi connectivity index (χ3v) is 13.5. The Kier molecular flexibility index (Phi) is 10.2. The average Bonchev–Trinajstić information content (AvgIpc) is 3.43. The quantitative estimate of drug-likeness (QED) is 0.159. The van der Waals surface area contributed by atoms with Gasteiger partial charge in [0.05, 0.1) is 11.4 Å². The van der Waals surface area contributed by atoms with Crippen molar-refractivity contribution < 1.29 is 34.4 Å². The van der Waals surface area contributed by atoms with Crippen molar-refractivity contribution in [1.82, 2.24) is 0 Å².